The Balaban J connectivity index is 1.82. The van der Waals surface area contributed by atoms with Crippen molar-refractivity contribution in [3.05, 3.63) is 30.2 Å². The van der Waals surface area contributed by atoms with E-state index < -0.39 is 15.9 Å². The molecule has 1 amide bonds. The summed E-state index contributed by atoms with van der Waals surface area (Å²) >= 11 is 0. The summed E-state index contributed by atoms with van der Waals surface area (Å²) in [5, 5.41) is 12.3. The van der Waals surface area contributed by atoms with Gasteiger partial charge < -0.3 is 24.6 Å². The van der Waals surface area contributed by atoms with Gasteiger partial charge in [0.2, 0.25) is 15.8 Å². The molecule has 0 bridgehead atoms. The number of morpholine rings is 1. The van der Waals surface area contributed by atoms with E-state index in [0.717, 1.165) is 0 Å². The molecule has 0 aromatic heterocycles. The van der Waals surface area contributed by atoms with Crippen molar-refractivity contribution in [3.63, 3.8) is 0 Å². The number of aromatic hydroxyl groups is 1. The number of amides is 1. The molecule has 0 atom stereocenters. The molecule has 25 heavy (non-hydrogen) atoms. The molecule has 2 heterocycles. The maximum absolute atomic E-state index is 12.7. The Labute approximate surface area is 144 Å². The first-order chi connectivity index (χ1) is 12.0. The lowest BCUT2D eigenvalue weighted by Gasteiger charge is -2.26. The van der Waals surface area contributed by atoms with Crippen LogP contribution in [0.2, 0.25) is 0 Å². The molecule has 9 nitrogen and oxygen atoms in total. The van der Waals surface area contributed by atoms with Crippen molar-refractivity contribution in [1.29, 1.82) is 0 Å². The summed E-state index contributed by atoms with van der Waals surface area (Å²) in [4.78, 5) is 12.1. The van der Waals surface area contributed by atoms with Crippen LogP contribution < -0.4 is 5.32 Å². The molecule has 1 aromatic rings. The first-order valence-corrected chi connectivity index (χ1v) is 9.09. The van der Waals surface area contributed by atoms with E-state index in [2.05, 4.69) is 5.32 Å². The predicted octanol–water partition coefficient (Wildman–Crippen LogP) is 0.240. The number of hydrogen-bond acceptors (Lipinski definition) is 7. The molecule has 2 aliphatic rings. The van der Waals surface area contributed by atoms with Gasteiger partial charge >= 0.3 is 0 Å². The third-order valence-corrected chi connectivity index (χ3v) is 5.59. The topological polar surface area (TPSA) is 114 Å². The molecule has 3 rings (SSSR count). The molecule has 0 spiro atoms. The van der Waals surface area contributed by atoms with Crippen molar-refractivity contribution in [2.75, 3.05) is 44.8 Å². The summed E-state index contributed by atoms with van der Waals surface area (Å²) in [5.41, 5.74) is -0.0330. The number of nitrogens with zero attached hydrogens (tertiary/aromatic N) is 1. The van der Waals surface area contributed by atoms with Gasteiger partial charge in [-0.25, -0.2) is 8.42 Å². The van der Waals surface area contributed by atoms with Gasteiger partial charge in [-0.1, -0.05) is 0 Å². The summed E-state index contributed by atoms with van der Waals surface area (Å²) in [5.74, 6) is -0.949. The van der Waals surface area contributed by atoms with Crippen molar-refractivity contribution < 1.29 is 32.5 Å². The largest absolute Gasteiger partial charge is 0.506 e. The number of carbonyl (C=O) groups is 1. The van der Waals surface area contributed by atoms with E-state index in [1.165, 1.54) is 28.8 Å². The van der Waals surface area contributed by atoms with Crippen molar-refractivity contribution in [1.82, 2.24) is 4.31 Å². The molecular formula is C15H18N2O7S. The average Bonchev–Trinajstić information content (AvgIpc) is 2.64. The average molecular weight is 370 g/mol. The number of benzene rings is 1. The van der Waals surface area contributed by atoms with E-state index in [-0.39, 0.29) is 41.8 Å². The fraction of sp³-hybridized carbons (Fsp3) is 0.400. The quantitative estimate of drug-likeness (QED) is 0.730. The van der Waals surface area contributed by atoms with E-state index in [0.29, 0.717) is 19.8 Å². The molecule has 1 aromatic carbocycles. The van der Waals surface area contributed by atoms with Crippen LogP contribution in [-0.4, -0.2) is 63.3 Å². The third kappa shape index (κ3) is 3.86. The lowest BCUT2D eigenvalue weighted by atomic mass is 10.3. The van der Waals surface area contributed by atoms with Crippen molar-refractivity contribution in [2.24, 2.45) is 0 Å². The smallest absolute Gasteiger partial charge is 0.294 e. The normalized spacial score (nSPS) is 18.6. The van der Waals surface area contributed by atoms with Crippen LogP contribution in [0.5, 0.6) is 5.75 Å². The summed E-state index contributed by atoms with van der Waals surface area (Å²) in [7, 11) is -3.74. The first-order valence-electron chi connectivity index (χ1n) is 7.65. The Hall–Kier alpha value is -2.30. The van der Waals surface area contributed by atoms with E-state index in [1.54, 1.807) is 0 Å². The fourth-order valence-electron chi connectivity index (χ4n) is 2.38. The van der Waals surface area contributed by atoms with Crippen LogP contribution in [0, 0.1) is 0 Å². The van der Waals surface area contributed by atoms with Crippen LogP contribution >= 0.6 is 0 Å². The van der Waals surface area contributed by atoms with Crippen molar-refractivity contribution >= 4 is 21.6 Å². The van der Waals surface area contributed by atoms with Crippen LogP contribution in [-0.2, 0) is 29.0 Å². The molecule has 1 saturated heterocycles. The summed E-state index contributed by atoms with van der Waals surface area (Å²) in [6, 6.07) is 3.72. The third-order valence-electron chi connectivity index (χ3n) is 3.70. The van der Waals surface area contributed by atoms with Crippen LogP contribution in [0.4, 0.5) is 5.69 Å². The molecule has 0 radical (unpaired) electrons. The van der Waals surface area contributed by atoms with Crippen molar-refractivity contribution in [3.8, 4) is 5.75 Å². The van der Waals surface area contributed by atoms with Gasteiger partial charge in [-0.2, -0.15) is 4.31 Å². The highest BCUT2D eigenvalue weighted by Crippen LogP contribution is 2.28. The standard InChI is InChI=1S/C15H18N2O7S/c18-13-2-1-11(25(20,21)17-3-5-22-6-4-17)9-12(13)16-15(19)14-10-23-7-8-24-14/h1-2,9-10,18H,3-8H2,(H,16,19). The zero-order valence-electron chi connectivity index (χ0n) is 13.3. The van der Waals surface area contributed by atoms with E-state index in [9.17, 15) is 18.3 Å². The van der Waals surface area contributed by atoms with Crippen molar-refractivity contribution in [2.45, 2.75) is 4.90 Å². The highest BCUT2D eigenvalue weighted by Gasteiger charge is 2.27. The van der Waals surface area contributed by atoms with E-state index in [1.807, 2.05) is 0 Å². The number of nitrogens with one attached hydrogen (secondary N) is 1. The highest BCUT2D eigenvalue weighted by molar-refractivity contribution is 7.89. The second kappa shape index (κ2) is 7.30. The Morgan fingerprint density at radius 1 is 1.16 bits per heavy atom. The van der Waals surface area contributed by atoms with Gasteiger partial charge in [0.25, 0.3) is 5.91 Å². The maximum atomic E-state index is 12.7. The molecule has 2 N–H and O–H groups in total. The SMILES string of the molecule is O=C(Nc1cc(S(=O)(=O)N2CCOCC2)ccc1O)C1=COCCO1. The number of hydrogen-bond donors (Lipinski definition) is 2. The molecular weight excluding hydrogens is 352 g/mol. The van der Waals surface area contributed by atoms with Crippen LogP contribution in [0.25, 0.3) is 0 Å². The maximum Gasteiger partial charge on any atom is 0.294 e. The minimum atomic E-state index is -3.74. The molecule has 10 heteroatoms. The van der Waals surface area contributed by atoms with E-state index in [4.69, 9.17) is 14.2 Å². The molecule has 0 unspecified atom stereocenters. The number of sulfonamides is 1. The Morgan fingerprint density at radius 3 is 2.60 bits per heavy atom. The summed E-state index contributed by atoms with van der Waals surface area (Å²) < 4.78 is 41.9. The second-order valence-corrected chi connectivity index (χ2v) is 7.29. The van der Waals surface area contributed by atoms with Gasteiger partial charge in [0.15, 0.2) is 0 Å². The van der Waals surface area contributed by atoms with Crippen LogP contribution in [0.15, 0.2) is 35.1 Å². The Kier molecular flexibility index (Phi) is 5.11. The number of phenols is 1. The van der Waals surface area contributed by atoms with Gasteiger partial charge in [-0.3, -0.25) is 4.79 Å². The Bertz CT molecular complexity index is 785. The monoisotopic (exact) mass is 370 g/mol. The number of carbonyl (C=O) groups excluding carboxylic acids is 1. The second-order valence-electron chi connectivity index (χ2n) is 5.35. The fourth-order valence-corrected chi connectivity index (χ4v) is 3.82. The number of ether oxygens (including phenoxy) is 3. The number of rotatable bonds is 4. The lowest BCUT2D eigenvalue weighted by molar-refractivity contribution is -0.117. The predicted molar refractivity (Wildman–Crippen MR) is 86.3 cm³/mol. The number of phenolic OH excluding ortho intramolecular Hbond substituents is 1. The van der Waals surface area contributed by atoms with Gasteiger partial charge in [-0.15, -0.1) is 0 Å². The van der Waals surface area contributed by atoms with E-state index >= 15 is 0 Å². The zero-order chi connectivity index (χ0) is 17.9. The van der Waals surface area contributed by atoms with Gasteiger partial charge in [-0.05, 0) is 18.2 Å². The number of anilines is 1. The van der Waals surface area contributed by atoms with Gasteiger partial charge in [0.1, 0.15) is 25.2 Å². The highest BCUT2D eigenvalue weighted by atomic mass is 32.2. The van der Waals surface area contributed by atoms with Gasteiger partial charge in [0.05, 0.1) is 23.8 Å². The lowest BCUT2D eigenvalue weighted by Crippen LogP contribution is -2.40. The van der Waals surface area contributed by atoms with Crippen LogP contribution in [0.1, 0.15) is 0 Å². The first kappa shape index (κ1) is 17.5. The molecule has 0 aliphatic carbocycles. The van der Waals surface area contributed by atoms with Crippen LogP contribution in [0.3, 0.4) is 0 Å². The molecule has 1 fully saturated rings. The minimum absolute atomic E-state index is 0.0303. The zero-order valence-corrected chi connectivity index (χ0v) is 14.1. The Morgan fingerprint density at radius 2 is 1.92 bits per heavy atom. The molecule has 136 valence electrons. The molecule has 2 aliphatic heterocycles. The van der Waals surface area contributed by atoms with Gasteiger partial charge in [0, 0.05) is 13.1 Å². The minimum Gasteiger partial charge on any atom is -0.506 e. The summed E-state index contributed by atoms with van der Waals surface area (Å²) in [6.45, 7) is 1.73. The summed E-state index contributed by atoms with van der Waals surface area (Å²) in [6.07, 6.45) is 1.17. The molecule has 0 saturated carbocycles.